The van der Waals surface area contributed by atoms with Crippen molar-refractivity contribution in [1.29, 1.82) is 0 Å². The summed E-state index contributed by atoms with van der Waals surface area (Å²) in [6.45, 7) is 1.53. The number of carbonyl (C=O) groups is 2. The van der Waals surface area contributed by atoms with Gasteiger partial charge in [-0.1, -0.05) is 23.7 Å². The van der Waals surface area contributed by atoms with Crippen molar-refractivity contribution in [1.82, 2.24) is 10.2 Å². The number of amides is 2. The van der Waals surface area contributed by atoms with Crippen LogP contribution in [0.3, 0.4) is 0 Å². The Hall–Kier alpha value is -1.75. The van der Waals surface area contributed by atoms with E-state index in [1.165, 1.54) is 7.11 Å². The molecule has 6 heteroatoms. The highest BCUT2D eigenvalue weighted by molar-refractivity contribution is 6.30. The van der Waals surface area contributed by atoms with E-state index in [2.05, 4.69) is 5.32 Å². The predicted molar refractivity (Wildman–Crippen MR) is 80.0 cm³/mol. The summed E-state index contributed by atoms with van der Waals surface area (Å²) in [4.78, 5) is 25.3. The molecular weight excluding hydrogens is 292 g/mol. The van der Waals surface area contributed by atoms with Crippen LogP contribution in [0.1, 0.15) is 18.4 Å². The van der Waals surface area contributed by atoms with Crippen molar-refractivity contribution in [2.24, 2.45) is 5.92 Å². The first kappa shape index (κ1) is 15.6. The number of nitrogens with one attached hydrogen (secondary N) is 1. The molecule has 21 heavy (non-hydrogen) atoms. The molecule has 0 bridgehead atoms. The first-order valence-electron chi connectivity index (χ1n) is 6.95. The van der Waals surface area contributed by atoms with Gasteiger partial charge in [-0.05, 0) is 30.5 Å². The van der Waals surface area contributed by atoms with Crippen LogP contribution < -0.4 is 5.32 Å². The van der Waals surface area contributed by atoms with Gasteiger partial charge in [0.25, 0.3) is 0 Å². The molecule has 0 aliphatic carbocycles. The fourth-order valence-corrected chi connectivity index (χ4v) is 2.55. The monoisotopic (exact) mass is 310 g/mol. The molecule has 1 heterocycles. The van der Waals surface area contributed by atoms with Crippen LogP contribution in [0, 0.1) is 5.92 Å². The van der Waals surface area contributed by atoms with Gasteiger partial charge in [0.2, 0.25) is 5.91 Å². The maximum absolute atomic E-state index is 12.2. The quantitative estimate of drug-likeness (QED) is 0.933. The van der Waals surface area contributed by atoms with Gasteiger partial charge < -0.3 is 15.0 Å². The van der Waals surface area contributed by atoms with Gasteiger partial charge in [0, 0.05) is 24.7 Å². The summed E-state index contributed by atoms with van der Waals surface area (Å²) >= 11 is 5.82. The van der Waals surface area contributed by atoms with Gasteiger partial charge in [-0.25, -0.2) is 4.79 Å². The minimum atomic E-state index is -0.370. The van der Waals surface area contributed by atoms with Crippen LogP contribution in [-0.2, 0) is 16.1 Å². The highest BCUT2D eigenvalue weighted by Crippen LogP contribution is 2.17. The van der Waals surface area contributed by atoms with E-state index in [1.807, 2.05) is 12.1 Å². The number of benzene rings is 1. The zero-order valence-corrected chi connectivity index (χ0v) is 12.7. The van der Waals surface area contributed by atoms with Crippen molar-refractivity contribution in [3.63, 3.8) is 0 Å². The Morgan fingerprint density at radius 3 is 2.76 bits per heavy atom. The molecule has 2 amide bonds. The van der Waals surface area contributed by atoms with E-state index in [0.717, 1.165) is 18.4 Å². The zero-order chi connectivity index (χ0) is 15.2. The molecule has 0 spiro atoms. The van der Waals surface area contributed by atoms with Gasteiger partial charge in [-0.15, -0.1) is 0 Å². The van der Waals surface area contributed by atoms with Crippen LogP contribution >= 0.6 is 11.6 Å². The molecule has 1 fully saturated rings. The number of hydrogen-bond acceptors (Lipinski definition) is 3. The summed E-state index contributed by atoms with van der Waals surface area (Å²) in [5, 5.41) is 3.58. The average molecular weight is 311 g/mol. The van der Waals surface area contributed by atoms with Crippen LogP contribution in [0.25, 0.3) is 0 Å². The second-order valence-electron chi connectivity index (χ2n) is 5.10. The van der Waals surface area contributed by atoms with E-state index in [1.54, 1.807) is 17.0 Å². The second-order valence-corrected chi connectivity index (χ2v) is 5.54. The lowest BCUT2D eigenvalue weighted by Gasteiger charge is -2.30. The molecule has 5 nitrogen and oxygen atoms in total. The van der Waals surface area contributed by atoms with Crippen LogP contribution in [0.2, 0.25) is 5.02 Å². The molecule has 1 aromatic rings. The summed E-state index contributed by atoms with van der Waals surface area (Å²) < 4.78 is 4.70. The normalized spacial score (nSPS) is 18.2. The number of carbonyl (C=O) groups excluding carboxylic acids is 2. The average Bonchev–Trinajstić information content (AvgIpc) is 2.53. The molecule has 1 atom stereocenters. The largest absolute Gasteiger partial charge is 0.453 e. The lowest BCUT2D eigenvalue weighted by Crippen LogP contribution is -2.45. The summed E-state index contributed by atoms with van der Waals surface area (Å²) in [5.74, 6) is -0.205. The highest BCUT2D eigenvalue weighted by Gasteiger charge is 2.28. The van der Waals surface area contributed by atoms with E-state index in [-0.39, 0.29) is 17.9 Å². The molecule has 1 unspecified atom stereocenters. The first-order chi connectivity index (χ1) is 10.1. The van der Waals surface area contributed by atoms with Gasteiger partial charge in [0.05, 0.1) is 13.0 Å². The van der Waals surface area contributed by atoms with Crippen LogP contribution in [0.15, 0.2) is 24.3 Å². The molecule has 1 saturated heterocycles. The number of likely N-dealkylation sites (tertiary alicyclic amines) is 1. The predicted octanol–water partition coefficient (Wildman–Crippen LogP) is 2.43. The zero-order valence-electron chi connectivity index (χ0n) is 12.0. The van der Waals surface area contributed by atoms with E-state index in [0.29, 0.717) is 24.7 Å². The van der Waals surface area contributed by atoms with Crippen molar-refractivity contribution in [2.75, 3.05) is 20.2 Å². The summed E-state index contributed by atoms with van der Waals surface area (Å²) in [6, 6.07) is 7.35. The Bertz CT molecular complexity index is 504. The highest BCUT2D eigenvalue weighted by atomic mass is 35.5. The minimum Gasteiger partial charge on any atom is -0.453 e. The van der Waals surface area contributed by atoms with Crippen LogP contribution in [-0.4, -0.2) is 37.1 Å². The Labute approximate surface area is 129 Å². The molecule has 1 N–H and O–H groups in total. The number of ether oxygens (including phenoxy) is 1. The number of rotatable bonds is 3. The summed E-state index contributed by atoms with van der Waals surface area (Å²) in [5.41, 5.74) is 0.994. The van der Waals surface area contributed by atoms with Crippen molar-refractivity contribution < 1.29 is 14.3 Å². The van der Waals surface area contributed by atoms with Crippen molar-refractivity contribution >= 4 is 23.6 Å². The van der Waals surface area contributed by atoms with Crippen LogP contribution in [0.4, 0.5) is 4.79 Å². The van der Waals surface area contributed by atoms with E-state index in [9.17, 15) is 9.59 Å². The van der Waals surface area contributed by atoms with Gasteiger partial charge in [-0.3, -0.25) is 4.79 Å². The van der Waals surface area contributed by atoms with Gasteiger partial charge in [0.1, 0.15) is 0 Å². The first-order valence-corrected chi connectivity index (χ1v) is 7.33. The van der Waals surface area contributed by atoms with Gasteiger partial charge in [0.15, 0.2) is 0 Å². The molecule has 0 radical (unpaired) electrons. The van der Waals surface area contributed by atoms with Crippen molar-refractivity contribution in [2.45, 2.75) is 19.4 Å². The molecule has 1 aliphatic rings. The Morgan fingerprint density at radius 2 is 2.10 bits per heavy atom. The third-order valence-corrected chi connectivity index (χ3v) is 3.86. The minimum absolute atomic E-state index is 0.0291. The molecule has 114 valence electrons. The topological polar surface area (TPSA) is 58.6 Å². The molecule has 0 saturated carbocycles. The fraction of sp³-hybridized carbons (Fsp3) is 0.467. The third kappa shape index (κ3) is 4.36. The molecular formula is C15H19ClN2O3. The Morgan fingerprint density at radius 1 is 1.38 bits per heavy atom. The maximum atomic E-state index is 12.2. The number of methoxy groups -OCH3 is 1. The molecule has 1 aromatic carbocycles. The smallest absolute Gasteiger partial charge is 0.409 e. The van der Waals surface area contributed by atoms with E-state index in [4.69, 9.17) is 16.3 Å². The lowest BCUT2D eigenvalue weighted by atomic mass is 9.97. The van der Waals surface area contributed by atoms with Gasteiger partial charge >= 0.3 is 6.09 Å². The second kappa shape index (κ2) is 7.31. The van der Waals surface area contributed by atoms with E-state index >= 15 is 0 Å². The van der Waals surface area contributed by atoms with E-state index < -0.39 is 0 Å². The lowest BCUT2D eigenvalue weighted by molar-refractivity contribution is -0.126. The van der Waals surface area contributed by atoms with Gasteiger partial charge in [-0.2, -0.15) is 0 Å². The SMILES string of the molecule is COC(=O)N1CCCC(C(=O)NCc2ccc(Cl)cc2)C1. The molecule has 0 aromatic heterocycles. The molecule has 2 rings (SSSR count). The van der Waals surface area contributed by atoms with Crippen LogP contribution in [0.5, 0.6) is 0 Å². The number of nitrogens with zero attached hydrogens (tertiary/aromatic N) is 1. The summed E-state index contributed by atoms with van der Waals surface area (Å²) in [7, 11) is 1.35. The third-order valence-electron chi connectivity index (χ3n) is 3.61. The number of piperidine rings is 1. The number of hydrogen-bond donors (Lipinski definition) is 1. The standard InChI is InChI=1S/C15H19ClN2O3/c1-21-15(20)18-8-2-3-12(10-18)14(19)17-9-11-4-6-13(16)7-5-11/h4-7,12H,2-3,8-10H2,1H3,(H,17,19). The van der Waals surface area contributed by atoms with Crippen molar-refractivity contribution in [3.8, 4) is 0 Å². The Balaban J connectivity index is 1.85. The molecule has 1 aliphatic heterocycles. The summed E-state index contributed by atoms with van der Waals surface area (Å²) in [6.07, 6.45) is 1.24. The fourth-order valence-electron chi connectivity index (χ4n) is 2.42. The Kier molecular flexibility index (Phi) is 5.44. The number of halogens is 1. The van der Waals surface area contributed by atoms with Crippen molar-refractivity contribution in [3.05, 3.63) is 34.9 Å². The maximum Gasteiger partial charge on any atom is 0.409 e.